The largest absolute Gasteiger partial charge is 0.490 e. The lowest BCUT2D eigenvalue weighted by Crippen LogP contribution is -2.53. The first-order valence-electron chi connectivity index (χ1n) is 10.4. The van der Waals surface area contributed by atoms with Gasteiger partial charge in [-0.15, -0.1) is 0 Å². The number of likely N-dealkylation sites (tertiary alicyclic amines) is 2. The molecule has 1 saturated carbocycles. The lowest BCUT2D eigenvalue weighted by Gasteiger charge is -2.45. The molecular formula is C21H26F3N3O4. The molecule has 2 amide bonds. The number of carbonyl (C=O) groups is 3. The zero-order valence-corrected chi connectivity index (χ0v) is 17.1. The number of amides is 2. The SMILES string of the molecule is O=C(CC1CC1)N1CCC2(CCC(=O)N2Cc2cccnc2)CC1.O=C(O)C(F)(F)F. The third-order valence-corrected chi connectivity index (χ3v) is 6.19. The molecule has 0 aromatic carbocycles. The fourth-order valence-corrected chi connectivity index (χ4v) is 4.19. The minimum atomic E-state index is -5.08. The van der Waals surface area contributed by atoms with Gasteiger partial charge in [0, 0.05) is 50.4 Å². The first-order valence-corrected chi connectivity index (χ1v) is 10.4. The summed E-state index contributed by atoms with van der Waals surface area (Å²) in [5, 5.41) is 7.12. The first kappa shape index (κ1) is 23.0. The maximum Gasteiger partial charge on any atom is 0.490 e. The van der Waals surface area contributed by atoms with Crippen LogP contribution < -0.4 is 0 Å². The van der Waals surface area contributed by atoms with Crippen LogP contribution in [-0.2, 0) is 20.9 Å². The molecule has 3 heterocycles. The van der Waals surface area contributed by atoms with Crippen molar-refractivity contribution in [1.82, 2.24) is 14.8 Å². The Morgan fingerprint density at radius 1 is 1.19 bits per heavy atom. The lowest BCUT2D eigenvalue weighted by molar-refractivity contribution is -0.192. The Morgan fingerprint density at radius 2 is 1.84 bits per heavy atom. The summed E-state index contributed by atoms with van der Waals surface area (Å²) < 4.78 is 31.7. The summed E-state index contributed by atoms with van der Waals surface area (Å²) in [6.45, 7) is 2.23. The Morgan fingerprint density at radius 3 is 2.35 bits per heavy atom. The maximum atomic E-state index is 12.4. The number of pyridine rings is 1. The molecular weight excluding hydrogens is 415 g/mol. The molecule has 0 unspecified atom stereocenters. The second kappa shape index (κ2) is 9.23. The van der Waals surface area contributed by atoms with E-state index in [2.05, 4.69) is 9.88 Å². The zero-order valence-electron chi connectivity index (χ0n) is 17.1. The summed E-state index contributed by atoms with van der Waals surface area (Å²) >= 11 is 0. The molecule has 0 atom stereocenters. The van der Waals surface area contributed by atoms with Gasteiger partial charge in [-0.2, -0.15) is 13.2 Å². The van der Waals surface area contributed by atoms with E-state index < -0.39 is 12.1 Å². The number of hydrogen-bond donors (Lipinski definition) is 1. The van der Waals surface area contributed by atoms with Gasteiger partial charge in [-0.1, -0.05) is 6.07 Å². The van der Waals surface area contributed by atoms with Gasteiger partial charge in [0.2, 0.25) is 11.8 Å². The molecule has 1 aromatic heterocycles. The number of carboxylic acid groups (broad SMARTS) is 1. The van der Waals surface area contributed by atoms with Crippen molar-refractivity contribution >= 4 is 17.8 Å². The number of carboxylic acids is 1. The van der Waals surface area contributed by atoms with E-state index in [0.29, 0.717) is 24.8 Å². The molecule has 3 aliphatic rings. The second-order valence-electron chi connectivity index (χ2n) is 8.40. The monoisotopic (exact) mass is 441 g/mol. The van der Waals surface area contributed by atoms with E-state index in [1.807, 2.05) is 23.2 Å². The van der Waals surface area contributed by atoms with E-state index in [0.717, 1.165) is 44.3 Å². The number of alkyl halides is 3. The predicted octanol–water partition coefficient (Wildman–Crippen LogP) is 3.00. The van der Waals surface area contributed by atoms with Crippen LogP contribution in [0.3, 0.4) is 0 Å². The molecule has 7 nitrogen and oxygen atoms in total. The van der Waals surface area contributed by atoms with Crippen LogP contribution in [0.1, 0.15) is 50.5 Å². The van der Waals surface area contributed by atoms with Gasteiger partial charge < -0.3 is 14.9 Å². The molecule has 31 heavy (non-hydrogen) atoms. The summed E-state index contributed by atoms with van der Waals surface area (Å²) in [5.41, 5.74) is 1.03. The quantitative estimate of drug-likeness (QED) is 0.776. The van der Waals surface area contributed by atoms with Crippen LogP contribution in [0.4, 0.5) is 13.2 Å². The fourth-order valence-electron chi connectivity index (χ4n) is 4.19. The normalized spacial score (nSPS) is 20.4. The highest BCUT2D eigenvalue weighted by atomic mass is 19.4. The summed E-state index contributed by atoms with van der Waals surface area (Å²) in [4.78, 5) is 41.9. The van der Waals surface area contributed by atoms with Crippen LogP contribution >= 0.6 is 0 Å². The standard InChI is InChI=1S/C19H25N3O2.C2HF3O2/c23-17-5-6-19(22(17)14-16-2-1-9-20-13-16)7-10-21(11-8-19)18(24)12-15-3-4-15;3-2(4,5)1(6)7/h1-2,9,13,15H,3-8,10-12,14H2;(H,6,7). The molecule has 1 N–H and O–H groups in total. The van der Waals surface area contributed by atoms with Crippen molar-refractivity contribution in [3.8, 4) is 0 Å². The van der Waals surface area contributed by atoms with Crippen molar-refractivity contribution in [3.05, 3.63) is 30.1 Å². The molecule has 0 bridgehead atoms. The molecule has 2 saturated heterocycles. The molecule has 3 fully saturated rings. The number of halogens is 3. The zero-order chi connectivity index (χ0) is 22.6. The van der Waals surface area contributed by atoms with Crippen molar-refractivity contribution in [2.24, 2.45) is 5.92 Å². The van der Waals surface area contributed by atoms with Crippen LogP contribution in [0, 0.1) is 5.92 Å². The summed E-state index contributed by atoms with van der Waals surface area (Å²) in [5.74, 6) is -1.55. The van der Waals surface area contributed by atoms with Crippen molar-refractivity contribution in [3.63, 3.8) is 0 Å². The third kappa shape index (κ3) is 5.95. The number of carbonyl (C=O) groups excluding carboxylic acids is 2. The summed E-state index contributed by atoms with van der Waals surface area (Å²) in [6.07, 6.45) is 5.07. The summed E-state index contributed by atoms with van der Waals surface area (Å²) in [6, 6.07) is 3.95. The Balaban J connectivity index is 0.000000339. The average molecular weight is 441 g/mol. The number of hydrogen-bond acceptors (Lipinski definition) is 4. The molecule has 1 aromatic rings. The van der Waals surface area contributed by atoms with Crippen LogP contribution in [0.25, 0.3) is 0 Å². The number of aliphatic carboxylic acids is 1. The van der Waals surface area contributed by atoms with E-state index in [4.69, 9.17) is 9.90 Å². The minimum absolute atomic E-state index is 0.0523. The van der Waals surface area contributed by atoms with E-state index in [9.17, 15) is 22.8 Å². The molecule has 1 spiro atoms. The summed E-state index contributed by atoms with van der Waals surface area (Å²) in [7, 11) is 0. The Hall–Kier alpha value is -2.65. The Kier molecular flexibility index (Phi) is 6.86. The van der Waals surface area contributed by atoms with Crippen molar-refractivity contribution in [2.75, 3.05) is 13.1 Å². The van der Waals surface area contributed by atoms with Crippen molar-refractivity contribution in [1.29, 1.82) is 0 Å². The smallest absolute Gasteiger partial charge is 0.475 e. The van der Waals surface area contributed by atoms with Gasteiger partial charge in [-0.3, -0.25) is 14.6 Å². The van der Waals surface area contributed by atoms with Crippen LogP contribution in [-0.4, -0.2) is 62.5 Å². The lowest BCUT2D eigenvalue weighted by atomic mass is 9.84. The highest BCUT2D eigenvalue weighted by Gasteiger charge is 2.47. The number of rotatable bonds is 4. The Labute approximate surface area is 178 Å². The van der Waals surface area contributed by atoms with Crippen LogP contribution in [0.2, 0.25) is 0 Å². The number of nitrogens with zero attached hydrogens (tertiary/aromatic N) is 3. The van der Waals surface area contributed by atoms with Gasteiger partial charge >= 0.3 is 12.1 Å². The number of aromatic nitrogens is 1. The van der Waals surface area contributed by atoms with Gasteiger partial charge in [-0.05, 0) is 49.7 Å². The van der Waals surface area contributed by atoms with Gasteiger partial charge in [0.05, 0.1) is 0 Å². The van der Waals surface area contributed by atoms with E-state index in [1.54, 1.807) is 6.20 Å². The molecule has 1 aliphatic carbocycles. The van der Waals surface area contributed by atoms with Crippen molar-refractivity contribution in [2.45, 2.75) is 63.2 Å². The third-order valence-electron chi connectivity index (χ3n) is 6.19. The highest BCUT2D eigenvalue weighted by Crippen LogP contribution is 2.41. The highest BCUT2D eigenvalue weighted by molar-refractivity contribution is 5.80. The van der Waals surface area contributed by atoms with E-state index in [1.165, 1.54) is 12.8 Å². The molecule has 4 rings (SSSR count). The second-order valence-corrected chi connectivity index (χ2v) is 8.40. The first-order chi connectivity index (χ1) is 14.6. The molecule has 10 heteroatoms. The van der Waals surface area contributed by atoms with Gasteiger partial charge in [-0.25, -0.2) is 4.79 Å². The predicted molar refractivity (Wildman–Crippen MR) is 104 cm³/mol. The maximum absolute atomic E-state index is 12.4. The average Bonchev–Trinajstić information content (AvgIpc) is 3.50. The molecule has 0 radical (unpaired) electrons. The minimum Gasteiger partial charge on any atom is -0.475 e. The van der Waals surface area contributed by atoms with Gasteiger partial charge in [0.15, 0.2) is 0 Å². The molecule has 2 aliphatic heterocycles. The number of piperidine rings is 1. The van der Waals surface area contributed by atoms with Crippen LogP contribution in [0.5, 0.6) is 0 Å². The van der Waals surface area contributed by atoms with Crippen molar-refractivity contribution < 1.29 is 32.7 Å². The van der Waals surface area contributed by atoms with Gasteiger partial charge in [0.25, 0.3) is 0 Å². The topological polar surface area (TPSA) is 90.8 Å². The van der Waals surface area contributed by atoms with Gasteiger partial charge in [0.1, 0.15) is 0 Å². The Bertz CT molecular complexity index is 804. The van der Waals surface area contributed by atoms with E-state index in [-0.39, 0.29) is 11.4 Å². The van der Waals surface area contributed by atoms with E-state index >= 15 is 0 Å². The fraction of sp³-hybridized carbons (Fsp3) is 0.619. The molecule has 170 valence electrons. The van der Waals surface area contributed by atoms with Crippen LogP contribution in [0.15, 0.2) is 24.5 Å².